The highest BCUT2D eigenvalue weighted by molar-refractivity contribution is 14.1. The number of amides is 2. The molecule has 1 aliphatic heterocycles. The van der Waals surface area contributed by atoms with Crippen LogP contribution in [0.1, 0.15) is 31.7 Å². The topological polar surface area (TPSA) is 63.7 Å². The molecule has 1 aromatic carbocycles. The van der Waals surface area contributed by atoms with Crippen LogP contribution >= 0.6 is 22.6 Å². The molecule has 0 bridgehead atoms. The van der Waals surface area contributed by atoms with Crippen molar-refractivity contribution in [1.82, 2.24) is 5.06 Å². The second kappa shape index (κ2) is 7.02. The maximum atomic E-state index is 11.7. The van der Waals surface area contributed by atoms with E-state index in [0.29, 0.717) is 11.5 Å². The Bertz CT molecular complexity index is 555. The summed E-state index contributed by atoms with van der Waals surface area (Å²) in [5.74, 6) is -1.84. The van der Waals surface area contributed by atoms with E-state index in [1.165, 1.54) is 0 Å². The van der Waals surface area contributed by atoms with E-state index in [1.54, 1.807) is 6.92 Å². The maximum absolute atomic E-state index is 11.7. The molecule has 0 aromatic heterocycles. The largest absolute Gasteiger partial charge is 0.333 e. The first-order valence-corrected chi connectivity index (χ1v) is 7.87. The molecule has 1 aliphatic rings. The zero-order valence-electron chi connectivity index (χ0n) is 11.7. The molecule has 0 saturated carbocycles. The number of halogens is 1. The molecule has 1 saturated heterocycles. The van der Waals surface area contributed by atoms with Gasteiger partial charge in [-0.1, -0.05) is 19.1 Å². The summed E-state index contributed by atoms with van der Waals surface area (Å²) in [6.07, 6.45) is 1.65. The van der Waals surface area contributed by atoms with Crippen LogP contribution in [0.2, 0.25) is 0 Å². The predicted octanol–water partition coefficient (Wildman–Crippen LogP) is 2.47. The van der Waals surface area contributed by atoms with Gasteiger partial charge in [-0.3, -0.25) is 9.59 Å². The second-order valence-corrected chi connectivity index (χ2v) is 6.32. The van der Waals surface area contributed by atoms with Gasteiger partial charge < -0.3 is 4.84 Å². The van der Waals surface area contributed by atoms with Gasteiger partial charge in [0, 0.05) is 22.3 Å². The smallest absolute Gasteiger partial charge is 0.330 e. The molecule has 1 fully saturated rings. The minimum Gasteiger partial charge on any atom is -0.330 e. The van der Waals surface area contributed by atoms with E-state index in [4.69, 9.17) is 4.84 Å². The van der Waals surface area contributed by atoms with Crippen molar-refractivity contribution in [3.05, 3.63) is 33.4 Å². The third-order valence-electron chi connectivity index (χ3n) is 3.28. The SMILES string of the molecule is CC1CC(=O)N(OC(=O)CCCc2ccc([124I])cc2)C1=O. The van der Waals surface area contributed by atoms with Crippen LogP contribution in [-0.4, -0.2) is 22.8 Å². The highest BCUT2D eigenvalue weighted by Crippen LogP contribution is 2.19. The summed E-state index contributed by atoms with van der Waals surface area (Å²) in [5.41, 5.74) is 1.14. The van der Waals surface area contributed by atoms with E-state index in [9.17, 15) is 14.4 Å². The van der Waals surface area contributed by atoms with E-state index in [2.05, 4.69) is 22.6 Å². The summed E-state index contributed by atoms with van der Waals surface area (Å²) >= 11 is 2.23. The number of aryl methyl sites for hydroxylation is 1. The molecule has 5 nitrogen and oxygen atoms in total. The number of carbonyl (C=O) groups excluding carboxylic acids is 3. The number of hydrogen-bond acceptors (Lipinski definition) is 4. The molecule has 1 unspecified atom stereocenters. The molecule has 0 spiro atoms. The molecule has 112 valence electrons. The number of imide groups is 1. The Hall–Kier alpha value is -1.44. The number of nitrogens with zero attached hydrogens (tertiary/aromatic N) is 1. The predicted molar refractivity (Wildman–Crippen MR) is 83.8 cm³/mol. The van der Waals surface area contributed by atoms with Gasteiger partial charge in [0.15, 0.2) is 0 Å². The Balaban J connectivity index is 1.76. The minimum atomic E-state index is -0.545. The highest BCUT2D eigenvalue weighted by Gasteiger charge is 2.38. The molecule has 2 rings (SSSR count). The average molecular weight is 398 g/mol. The highest BCUT2D eigenvalue weighted by atomic mass is 124. The number of carbonyl (C=O) groups is 3. The summed E-state index contributed by atoms with van der Waals surface area (Å²) in [7, 11) is 0. The zero-order valence-corrected chi connectivity index (χ0v) is 13.8. The van der Waals surface area contributed by atoms with Gasteiger partial charge in [-0.25, -0.2) is 4.79 Å². The number of hydrogen-bond donors (Lipinski definition) is 0. The van der Waals surface area contributed by atoms with Crippen molar-refractivity contribution in [2.45, 2.75) is 32.6 Å². The van der Waals surface area contributed by atoms with Crippen molar-refractivity contribution in [3.8, 4) is 0 Å². The standard InChI is InChI=1S/C15H16INO4/c1-10-9-13(18)17(15(10)20)21-14(19)4-2-3-11-5-7-12(16)8-6-11/h5-8,10H,2-4,9H2,1H3/i16-3. The van der Waals surface area contributed by atoms with E-state index in [-0.39, 0.29) is 12.8 Å². The average Bonchev–Trinajstić information content (AvgIpc) is 2.68. The molecule has 0 aliphatic carbocycles. The van der Waals surface area contributed by atoms with Gasteiger partial charge in [-0.05, 0) is 53.1 Å². The Morgan fingerprint density at radius 3 is 2.57 bits per heavy atom. The van der Waals surface area contributed by atoms with E-state index in [0.717, 1.165) is 15.6 Å². The van der Waals surface area contributed by atoms with Crippen LogP contribution in [0.15, 0.2) is 24.3 Å². The zero-order chi connectivity index (χ0) is 15.4. The van der Waals surface area contributed by atoms with Crippen molar-refractivity contribution >= 4 is 40.4 Å². The lowest BCUT2D eigenvalue weighted by atomic mass is 10.1. The van der Waals surface area contributed by atoms with E-state index >= 15 is 0 Å². The summed E-state index contributed by atoms with van der Waals surface area (Å²) < 4.78 is 1.16. The van der Waals surface area contributed by atoms with Crippen LogP contribution in [0.5, 0.6) is 0 Å². The summed E-state index contributed by atoms with van der Waals surface area (Å²) in [4.78, 5) is 39.6. The van der Waals surface area contributed by atoms with Crippen LogP contribution < -0.4 is 0 Å². The van der Waals surface area contributed by atoms with E-state index in [1.807, 2.05) is 24.3 Å². The van der Waals surface area contributed by atoms with Crippen molar-refractivity contribution in [1.29, 1.82) is 0 Å². The lowest BCUT2D eigenvalue weighted by Crippen LogP contribution is -2.33. The Labute approximate surface area is 136 Å². The third kappa shape index (κ3) is 4.26. The van der Waals surface area contributed by atoms with Gasteiger partial charge >= 0.3 is 5.97 Å². The molecular weight excluding hydrogens is 382 g/mol. The lowest BCUT2D eigenvalue weighted by molar-refractivity contribution is -0.198. The van der Waals surface area contributed by atoms with Crippen molar-refractivity contribution in [2.24, 2.45) is 5.92 Å². The molecule has 1 atom stereocenters. The first-order valence-electron chi connectivity index (χ1n) is 6.79. The van der Waals surface area contributed by atoms with E-state index < -0.39 is 23.7 Å². The number of rotatable bonds is 5. The van der Waals surface area contributed by atoms with Crippen LogP contribution in [-0.2, 0) is 25.6 Å². The molecule has 21 heavy (non-hydrogen) atoms. The van der Waals surface area contributed by atoms with Crippen LogP contribution in [0.25, 0.3) is 0 Å². The number of hydroxylamine groups is 2. The fraction of sp³-hybridized carbons (Fsp3) is 0.400. The van der Waals surface area contributed by atoms with Gasteiger partial charge in [0.25, 0.3) is 11.8 Å². The molecular formula is C15H16INO4. The van der Waals surface area contributed by atoms with Gasteiger partial charge in [-0.2, -0.15) is 0 Å². The van der Waals surface area contributed by atoms with Gasteiger partial charge in [0.2, 0.25) is 0 Å². The fourth-order valence-electron chi connectivity index (χ4n) is 2.09. The number of benzene rings is 1. The van der Waals surface area contributed by atoms with Gasteiger partial charge in [0.05, 0.1) is 0 Å². The van der Waals surface area contributed by atoms with Gasteiger partial charge in [0.1, 0.15) is 0 Å². The minimum absolute atomic E-state index is 0.106. The normalized spacial score (nSPS) is 18.2. The Kier molecular flexibility index (Phi) is 5.33. The quantitative estimate of drug-likeness (QED) is 0.565. The second-order valence-electron chi connectivity index (χ2n) is 5.07. The monoisotopic (exact) mass is 398 g/mol. The first kappa shape index (κ1) is 15.9. The lowest BCUT2D eigenvalue weighted by Gasteiger charge is -2.13. The molecule has 6 heteroatoms. The van der Waals surface area contributed by atoms with Crippen LogP contribution in [0, 0.1) is 9.49 Å². The summed E-state index contributed by atoms with van der Waals surface area (Å²) in [5, 5.41) is 0.609. The Morgan fingerprint density at radius 1 is 1.33 bits per heavy atom. The molecule has 1 aromatic rings. The Morgan fingerprint density at radius 2 is 2.00 bits per heavy atom. The third-order valence-corrected chi connectivity index (χ3v) is 4.00. The van der Waals surface area contributed by atoms with Crippen molar-refractivity contribution < 1.29 is 19.2 Å². The molecule has 0 radical (unpaired) electrons. The van der Waals surface area contributed by atoms with Gasteiger partial charge in [-0.15, -0.1) is 5.06 Å². The van der Waals surface area contributed by atoms with Crippen LogP contribution in [0.3, 0.4) is 0 Å². The fourth-order valence-corrected chi connectivity index (χ4v) is 2.45. The van der Waals surface area contributed by atoms with Crippen molar-refractivity contribution in [2.75, 3.05) is 0 Å². The first-order chi connectivity index (χ1) is 9.97. The molecule has 1 heterocycles. The summed E-state index contributed by atoms with van der Waals surface area (Å²) in [6.45, 7) is 1.64. The summed E-state index contributed by atoms with van der Waals surface area (Å²) in [6, 6.07) is 8.05. The molecule has 0 N–H and O–H groups in total. The maximum Gasteiger partial charge on any atom is 0.333 e. The van der Waals surface area contributed by atoms with Crippen molar-refractivity contribution in [3.63, 3.8) is 0 Å². The molecule has 2 amide bonds. The van der Waals surface area contributed by atoms with Crippen LogP contribution in [0.4, 0.5) is 0 Å².